The summed E-state index contributed by atoms with van der Waals surface area (Å²) >= 11 is 0. The van der Waals surface area contributed by atoms with E-state index < -0.39 is 0 Å². The lowest BCUT2D eigenvalue weighted by Crippen LogP contribution is -2.04. The van der Waals surface area contributed by atoms with Crippen LogP contribution in [0.2, 0.25) is 0 Å². The number of aryl methyl sites for hydroxylation is 4. The number of halogens is 3. The average molecular weight is 489 g/mol. The predicted molar refractivity (Wildman–Crippen MR) is 148 cm³/mol. The quantitative estimate of drug-likeness (QED) is 0.281. The second-order valence-corrected chi connectivity index (χ2v) is 9.48. The lowest BCUT2D eigenvalue weighted by atomic mass is 9.90. The molecule has 3 aromatic carbocycles. The van der Waals surface area contributed by atoms with Crippen LogP contribution in [0.5, 0.6) is 0 Å². The van der Waals surface area contributed by atoms with Crippen molar-refractivity contribution in [1.29, 1.82) is 0 Å². The molecule has 0 N–H and O–H groups in total. The van der Waals surface area contributed by atoms with Gasteiger partial charge in [0.15, 0.2) is 0 Å². The Kier molecular flexibility index (Phi) is 9.14. The molecule has 0 fully saturated rings. The van der Waals surface area contributed by atoms with Gasteiger partial charge in [-0.2, -0.15) is 0 Å². The summed E-state index contributed by atoms with van der Waals surface area (Å²) in [5.41, 5.74) is 7.78. The highest BCUT2D eigenvalue weighted by Gasteiger charge is 2.15. The molecular weight excluding hydrogens is 453 g/mol. The van der Waals surface area contributed by atoms with Crippen molar-refractivity contribution >= 4 is 17.7 Å². The van der Waals surface area contributed by atoms with Gasteiger partial charge >= 0.3 is 0 Å². The lowest BCUT2D eigenvalue weighted by molar-refractivity contribution is 0.602. The fourth-order valence-electron chi connectivity index (χ4n) is 4.57. The molecule has 0 heterocycles. The van der Waals surface area contributed by atoms with Gasteiger partial charge in [-0.15, -0.1) is 0 Å². The van der Waals surface area contributed by atoms with Gasteiger partial charge in [0.1, 0.15) is 17.5 Å². The van der Waals surface area contributed by atoms with Crippen LogP contribution >= 0.6 is 0 Å². The van der Waals surface area contributed by atoms with Crippen LogP contribution in [0.1, 0.15) is 70.8 Å². The van der Waals surface area contributed by atoms with Gasteiger partial charge in [-0.05, 0) is 135 Å². The molecule has 0 atom stereocenters. The van der Waals surface area contributed by atoms with Gasteiger partial charge in [-0.25, -0.2) is 13.2 Å². The Hall–Kier alpha value is -3.33. The van der Waals surface area contributed by atoms with Crippen LogP contribution in [-0.4, -0.2) is 0 Å². The molecule has 0 spiro atoms. The minimum absolute atomic E-state index is 0.227. The summed E-state index contributed by atoms with van der Waals surface area (Å²) < 4.78 is 44.0. The standard InChI is InChI=1S/C33H35F3/c1-7-9-26-16-24(18-32(35)23(26)6)11-12-25-17-30(21(3)4)29(33(36)19-25)14-13-28-20-31(34)22(5)15-27(28)10-8-2/h7-10,15-20H,3,11-14H2,1-2,4-6H3/b9-7+,10-8+. The minimum atomic E-state index is -0.282. The Morgan fingerprint density at radius 1 is 0.722 bits per heavy atom. The molecule has 3 rings (SSSR count). The summed E-state index contributed by atoms with van der Waals surface area (Å²) in [4.78, 5) is 0. The molecular formula is C33H35F3. The second-order valence-electron chi connectivity index (χ2n) is 9.48. The van der Waals surface area contributed by atoms with E-state index in [4.69, 9.17) is 0 Å². The lowest BCUT2D eigenvalue weighted by Gasteiger charge is -2.15. The number of hydrogen-bond donors (Lipinski definition) is 0. The second kappa shape index (κ2) is 12.1. The van der Waals surface area contributed by atoms with Crippen molar-refractivity contribution in [3.63, 3.8) is 0 Å². The minimum Gasteiger partial charge on any atom is -0.207 e. The summed E-state index contributed by atoms with van der Waals surface area (Å²) in [6.07, 6.45) is 9.82. The molecule has 0 aromatic heterocycles. The van der Waals surface area contributed by atoms with Crippen molar-refractivity contribution in [3.05, 3.63) is 123 Å². The summed E-state index contributed by atoms with van der Waals surface area (Å²) in [5.74, 6) is -0.760. The number of allylic oxidation sites excluding steroid dienone is 3. The van der Waals surface area contributed by atoms with Gasteiger partial charge in [0.25, 0.3) is 0 Å². The Labute approximate surface area is 213 Å². The van der Waals surface area contributed by atoms with Gasteiger partial charge in [-0.3, -0.25) is 0 Å². The van der Waals surface area contributed by atoms with E-state index in [9.17, 15) is 8.78 Å². The molecule has 36 heavy (non-hydrogen) atoms. The largest absolute Gasteiger partial charge is 0.207 e. The van der Waals surface area contributed by atoms with E-state index >= 15 is 4.39 Å². The molecule has 0 radical (unpaired) electrons. The zero-order chi connectivity index (χ0) is 26.4. The Balaban J connectivity index is 1.85. The zero-order valence-corrected chi connectivity index (χ0v) is 21.9. The van der Waals surface area contributed by atoms with E-state index in [0.717, 1.165) is 39.0 Å². The van der Waals surface area contributed by atoms with Crippen LogP contribution in [0.4, 0.5) is 13.2 Å². The monoisotopic (exact) mass is 488 g/mol. The Morgan fingerprint density at radius 2 is 1.33 bits per heavy atom. The SMILES string of the molecule is C=C(C)c1cc(CCc2cc(F)c(C)c(/C=C/C)c2)cc(F)c1CCc1cc(F)c(C)cc1/C=C/C. The highest BCUT2D eigenvalue weighted by Crippen LogP contribution is 2.27. The fraction of sp³-hybridized carbons (Fsp3) is 0.273. The first-order valence-corrected chi connectivity index (χ1v) is 12.4. The van der Waals surface area contributed by atoms with Crippen molar-refractivity contribution in [3.8, 4) is 0 Å². The third kappa shape index (κ3) is 6.46. The summed E-state index contributed by atoms with van der Waals surface area (Å²) in [7, 11) is 0. The topological polar surface area (TPSA) is 0 Å². The molecule has 0 bridgehead atoms. The first-order chi connectivity index (χ1) is 17.1. The number of rotatable bonds is 9. The van der Waals surface area contributed by atoms with E-state index in [1.54, 1.807) is 32.0 Å². The maximum absolute atomic E-state index is 15.4. The van der Waals surface area contributed by atoms with Gasteiger partial charge in [0, 0.05) is 0 Å². The maximum atomic E-state index is 15.4. The van der Waals surface area contributed by atoms with Gasteiger partial charge in [0.05, 0.1) is 0 Å². The highest BCUT2D eigenvalue weighted by molar-refractivity contribution is 5.66. The van der Waals surface area contributed by atoms with Gasteiger partial charge in [-0.1, -0.05) is 48.6 Å². The number of hydrogen-bond acceptors (Lipinski definition) is 0. The molecule has 3 heteroatoms. The van der Waals surface area contributed by atoms with Crippen molar-refractivity contribution < 1.29 is 13.2 Å². The van der Waals surface area contributed by atoms with E-state index in [-0.39, 0.29) is 17.5 Å². The van der Waals surface area contributed by atoms with Crippen molar-refractivity contribution in [1.82, 2.24) is 0 Å². The predicted octanol–water partition coefficient (Wildman–Crippen LogP) is 9.39. The molecule has 0 nitrogen and oxygen atoms in total. The smallest absolute Gasteiger partial charge is 0.127 e. The van der Waals surface area contributed by atoms with Crippen molar-refractivity contribution in [2.24, 2.45) is 0 Å². The maximum Gasteiger partial charge on any atom is 0.127 e. The first kappa shape index (κ1) is 27.3. The number of benzene rings is 3. The highest BCUT2D eigenvalue weighted by atomic mass is 19.1. The summed E-state index contributed by atoms with van der Waals surface area (Å²) in [6, 6.07) is 10.5. The van der Waals surface area contributed by atoms with Crippen molar-refractivity contribution in [2.45, 2.75) is 60.3 Å². The van der Waals surface area contributed by atoms with Crippen LogP contribution in [0.25, 0.3) is 17.7 Å². The molecule has 188 valence electrons. The molecule has 0 amide bonds. The van der Waals surface area contributed by atoms with Crippen molar-refractivity contribution in [2.75, 3.05) is 0 Å². The zero-order valence-electron chi connectivity index (χ0n) is 21.9. The van der Waals surface area contributed by atoms with E-state index in [1.807, 2.05) is 63.3 Å². The summed E-state index contributed by atoms with van der Waals surface area (Å²) in [5, 5.41) is 0. The molecule has 0 unspecified atom stereocenters. The van der Waals surface area contributed by atoms with Crippen LogP contribution in [0.3, 0.4) is 0 Å². The molecule has 0 aliphatic carbocycles. The molecule has 0 saturated carbocycles. The van der Waals surface area contributed by atoms with E-state index in [2.05, 4.69) is 6.58 Å². The first-order valence-electron chi connectivity index (χ1n) is 12.4. The van der Waals surface area contributed by atoms with Gasteiger partial charge in [0.2, 0.25) is 0 Å². The van der Waals surface area contributed by atoms with E-state index in [0.29, 0.717) is 42.4 Å². The molecule has 3 aromatic rings. The Bertz CT molecular complexity index is 1330. The summed E-state index contributed by atoms with van der Waals surface area (Å²) in [6.45, 7) is 13.3. The third-order valence-corrected chi connectivity index (χ3v) is 6.62. The normalized spacial score (nSPS) is 11.7. The van der Waals surface area contributed by atoms with Gasteiger partial charge < -0.3 is 0 Å². The van der Waals surface area contributed by atoms with Crippen LogP contribution < -0.4 is 0 Å². The Morgan fingerprint density at radius 3 is 1.97 bits per heavy atom. The molecule has 0 aliphatic heterocycles. The van der Waals surface area contributed by atoms with Crippen LogP contribution in [-0.2, 0) is 25.7 Å². The van der Waals surface area contributed by atoms with Crippen LogP contribution in [0, 0.1) is 31.3 Å². The van der Waals surface area contributed by atoms with E-state index in [1.165, 1.54) is 0 Å². The fourth-order valence-corrected chi connectivity index (χ4v) is 4.57. The molecule has 0 aliphatic rings. The third-order valence-electron chi connectivity index (χ3n) is 6.62. The molecule has 0 saturated heterocycles. The van der Waals surface area contributed by atoms with Crippen LogP contribution in [0.15, 0.2) is 55.1 Å². The average Bonchev–Trinajstić information content (AvgIpc) is 2.82.